The van der Waals surface area contributed by atoms with Crippen LogP contribution in [-0.4, -0.2) is 85.1 Å². The first-order valence-electron chi connectivity index (χ1n) is 18.1. The summed E-state index contributed by atoms with van der Waals surface area (Å²) in [5.41, 5.74) is 3.51. The van der Waals surface area contributed by atoms with E-state index in [0.717, 1.165) is 11.1 Å². The molecule has 4 aromatic rings. The van der Waals surface area contributed by atoms with Gasteiger partial charge in [-0.1, -0.05) is 38.5 Å². The van der Waals surface area contributed by atoms with Gasteiger partial charge in [0.05, 0.1) is 50.5 Å². The predicted octanol–water partition coefficient (Wildman–Crippen LogP) is 4.27. The average Bonchev–Trinajstić information content (AvgIpc) is 3.40. The van der Waals surface area contributed by atoms with Gasteiger partial charge in [0, 0.05) is 38.7 Å². The molecule has 280 valence electrons. The molecule has 3 N–H and O–H groups in total. The second kappa shape index (κ2) is 16.1. The van der Waals surface area contributed by atoms with Gasteiger partial charge < -0.3 is 34.7 Å². The van der Waals surface area contributed by atoms with Crippen molar-refractivity contribution in [3.63, 3.8) is 0 Å². The van der Waals surface area contributed by atoms with Crippen LogP contribution in [0.25, 0.3) is 22.0 Å². The summed E-state index contributed by atoms with van der Waals surface area (Å²) in [5.74, 6) is 1.62. The lowest BCUT2D eigenvalue weighted by atomic mass is 9.95. The van der Waals surface area contributed by atoms with Gasteiger partial charge in [0.25, 0.3) is 5.56 Å². The van der Waals surface area contributed by atoms with Gasteiger partial charge in [-0.25, -0.2) is 4.98 Å². The van der Waals surface area contributed by atoms with E-state index in [-0.39, 0.29) is 34.4 Å². The Balaban J connectivity index is 1.28. The number of fused-ring (bicyclic) bond motifs is 4. The summed E-state index contributed by atoms with van der Waals surface area (Å²) < 4.78 is 17.3. The molecule has 1 aliphatic carbocycles. The largest absolute Gasteiger partial charge is 0.493 e. The Morgan fingerprint density at radius 2 is 1.72 bits per heavy atom. The molecule has 2 aliphatic rings. The van der Waals surface area contributed by atoms with Crippen LogP contribution in [0.4, 0.5) is 5.69 Å². The van der Waals surface area contributed by atoms with Crippen molar-refractivity contribution in [3.05, 3.63) is 86.1 Å². The second-order valence-electron chi connectivity index (χ2n) is 13.7. The molecule has 0 unspecified atom stereocenters. The van der Waals surface area contributed by atoms with E-state index < -0.39 is 12.1 Å². The third kappa shape index (κ3) is 7.71. The number of aromatic amines is 1. The number of anilines is 1. The van der Waals surface area contributed by atoms with E-state index in [2.05, 4.69) is 25.5 Å². The van der Waals surface area contributed by atoms with Crippen molar-refractivity contribution in [1.29, 1.82) is 0 Å². The summed E-state index contributed by atoms with van der Waals surface area (Å²) in [7, 11) is 4.67. The van der Waals surface area contributed by atoms with E-state index in [1.807, 2.05) is 49.1 Å². The highest BCUT2D eigenvalue weighted by Gasteiger charge is 2.33. The van der Waals surface area contributed by atoms with E-state index in [0.29, 0.717) is 97.1 Å². The molecule has 0 saturated carbocycles. The molecule has 1 aliphatic heterocycles. The molecule has 3 aromatic carbocycles. The molecular formula is C40H48N6O7. The lowest BCUT2D eigenvalue weighted by molar-refractivity contribution is -0.135. The van der Waals surface area contributed by atoms with Crippen molar-refractivity contribution in [1.82, 2.24) is 25.1 Å². The molecule has 1 fully saturated rings. The third-order valence-corrected chi connectivity index (χ3v) is 10.4. The van der Waals surface area contributed by atoms with Crippen LogP contribution in [0.5, 0.6) is 17.2 Å². The van der Waals surface area contributed by atoms with Crippen molar-refractivity contribution in [2.24, 2.45) is 5.92 Å². The molecule has 0 radical (unpaired) electrons. The Morgan fingerprint density at radius 1 is 0.981 bits per heavy atom. The zero-order chi connectivity index (χ0) is 37.8. The summed E-state index contributed by atoms with van der Waals surface area (Å²) in [4.78, 5) is 64.8. The molecule has 0 bridgehead atoms. The van der Waals surface area contributed by atoms with Crippen LogP contribution in [0, 0.1) is 5.92 Å². The Labute approximate surface area is 308 Å². The number of aryl methyl sites for hydroxylation is 1. The highest BCUT2D eigenvalue weighted by Crippen LogP contribution is 2.50. The molecule has 6 rings (SSSR count). The van der Waals surface area contributed by atoms with Crippen molar-refractivity contribution in [2.45, 2.75) is 58.7 Å². The molecule has 13 nitrogen and oxygen atoms in total. The molecule has 0 spiro atoms. The molecule has 53 heavy (non-hydrogen) atoms. The average molecular weight is 725 g/mol. The SMILES string of the molecule is CC[C@@H](C)[C@@H](Nc1ccc2c(cc1=O)[C@@H](NC(C)=O)CCc1cc(OC)c(OC)c(OC)c1-2)C(=O)N1CCN(Cc2nc3ccccc3c(=O)[nH]2)CC1. The fourth-order valence-electron chi connectivity index (χ4n) is 7.42. The molecular weight excluding hydrogens is 676 g/mol. The normalized spacial score (nSPS) is 16.8. The number of piperazine rings is 1. The Hall–Kier alpha value is -5.43. The van der Waals surface area contributed by atoms with Gasteiger partial charge in [-0.05, 0) is 65.8 Å². The topological polar surface area (TPSA) is 155 Å². The first kappa shape index (κ1) is 37.3. The lowest BCUT2D eigenvalue weighted by Crippen LogP contribution is -2.54. The monoisotopic (exact) mass is 724 g/mol. The number of methoxy groups -OCH3 is 3. The minimum Gasteiger partial charge on any atom is -0.493 e. The maximum absolute atomic E-state index is 14.2. The zero-order valence-corrected chi connectivity index (χ0v) is 31.2. The number of aromatic nitrogens is 2. The maximum atomic E-state index is 14.2. The number of carbonyl (C=O) groups is 2. The molecule has 1 aromatic heterocycles. The van der Waals surface area contributed by atoms with E-state index >= 15 is 0 Å². The standard InChI is InChI=1S/C40H48N6O7/c1-7-23(2)36(40(50)46-18-16-45(17-19-46)22-34-42-29-11-9-8-10-27(29)39(49)44-34)43-31-15-13-26-28(21-32(31)48)30(41-24(3)47)14-12-25-20-33(51-4)37(52-5)38(53-6)35(25)26/h8-11,13,15,20-21,23,30,36H,7,12,14,16-19,22H2,1-6H3,(H,41,47)(H,43,48)(H,42,44,49)/t23-,30+,36-/m1/s1. The Bertz CT molecular complexity index is 2130. The summed E-state index contributed by atoms with van der Waals surface area (Å²) >= 11 is 0. The lowest BCUT2D eigenvalue weighted by Gasteiger charge is -2.37. The fourth-order valence-corrected chi connectivity index (χ4v) is 7.42. The van der Waals surface area contributed by atoms with Gasteiger partial charge in [0.15, 0.2) is 11.5 Å². The first-order valence-corrected chi connectivity index (χ1v) is 18.1. The number of para-hydroxylation sites is 1. The van der Waals surface area contributed by atoms with Crippen LogP contribution in [0.3, 0.4) is 0 Å². The quantitative estimate of drug-likeness (QED) is 0.204. The van der Waals surface area contributed by atoms with Crippen LogP contribution in [-0.2, 0) is 22.6 Å². The van der Waals surface area contributed by atoms with Gasteiger partial charge in [0.1, 0.15) is 11.9 Å². The summed E-state index contributed by atoms with van der Waals surface area (Å²) in [6.07, 6.45) is 1.84. The maximum Gasteiger partial charge on any atom is 0.258 e. The van der Waals surface area contributed by atoms with Gasteiger partial charge in [-0.2, -0.15) is 0 Å². The van der Waals surface area contributed by atoms with E-state index in [1.165, 1.54) is 6.92 Å². The summed E-state index contributed by atoms with van der Waals surface area (Å²) in [6, 6.07) is 13.2. The summed E-state index contributed by atoms with van der Waals surface area (Å²) in [6.45, 7) is 8.15. The van der Waals surface area contributed by atoms with Gasteiger partial charge >= 0.3 is 0 Å². The molecule has 2 heterocycles. The smallest absolute Gasteiger partial charge is 0.258 e. The predicted molar refractivity (Wildman–Crippen MR) is 204 cm³/mol. The fraction of sp³-hybridized carbons (Fsp3) is 0.425. The molecule has 13 heteroatoms. The number of amides is 2. The molecule has 1 saturated heterocycles. The Morgan fingerprint density at radius 3 is 2.40 bits per heavy atom. The van der Waals surface area contributed by atoms with Crippen LogP contribution < -0.4 is 35.8 Å². The number of carbonyl (C=O) groups excluding carboxylic acids is 2. The number of nitrogens with zero attached hydrogens (tertiary/aromatic N) is 3. The second-order valence-corrected chi connectivity index (χ2v) is 13.7. The number of hydrogen-bond acceptors (Lipinski definition) is 10. The van der Waals surface area contributed by atoms with Gasteiger partial charge in [-0.3, -0.25) is 24.1 Å². The minimum absolute atomic E-state index is 0.0799. The third-order valence-electron chi connectivity index (χ3n) is 10.4. The van der Waals surface area contributed by atoms with Crippen LogP contribution in [0.1, 0.15) is 56.6 Å². The number of H-pyrrole nitrogens is 1. The van der Waals surface area contributed by atoms with Crippen molar-refractivity contribution in [3.8, 4) is 28.4 Å². The van der Waals surface area contributed by atoms with Crippen molar-refractivity contribution in [2.75, 3.05) is 52.8 Å². The minimum atomic E-state index is -0.655. The van der Waals surface area contributed by atoms with Crippen LogP contribution in [0.15, 0.2) is 58.1 Å². The molecule has 3 atom stereocenters. The van der Waals surface area contributed by atoms with Gasteiger partial charge in [-0.15, -0.1) is 0 Å². The first-order chi connectivity index (χ1) is 25.6. The number of hydrogen-bond donors (Lipinski definition) is 3. The van der Waals surface area contributed by atoms with E-state index in [4.69, 9.17) is 14.2 Å². The summed E-state index contributed by atoms with van der Waals surface area (Å²) in [5, 5.41) is 6.94. The number of nitrogens with one attached hydrogen (secondary N) is 3. The van der Waals surface area contributed by atoms with Crippen molar-refractivity contribution >= 4 is 28.4 Å². The molecule has 2 amide bonds. The highest BCUT2D eigenvalue weighted by molar-refractivity contribution is 5.86. The van der Waals surface area contributed by atoms with Crippen LogP contribution >= 0.6 is 0 Å². The number of ether oxygens (including phenoxy) is 3. The van der Waals surface area contributed by atoms with Gasteiger partial charge in [0.2, 0.25) is 23.0 Å². The zero-order valence-electron chi connectivity index (χ0n) is 31.2. The van der Waals surface area contributed by atoms with Crippen molar-refractivity contribution < 1.29 is 23.8 Å². The number of benzene rings is 2. The van der Waals surface area contributed by atoms with E-state index in [9.17, 15) is 19.2 Å². The van der Waals surface area contributed by atoms with E-state index in [1.54, 1.807) is 39.5 Å². The number of rotatable bonds is 11. The Kier molecular flexibility index (Phi) is 11.3. The van der Waals surface area contributed by atoms with Crippen LogP contribution in [0.2, 0.25) is 0 Å². The highest BCUT2D eigenvalue weighted by atomic mass is 16.5.